The van der Waals surface area contributed by atoms with Crippen LogP contribution in [0.3, 0.4) is 0 Å². The molecule has 0 fully saturated rings. The number of rotatable bonds is 3. The number of benzene rings is 2. The molecule has 0 aromatic heterocycles. The van der Waals surface area contributed by atoms with Crippen molar-refractivity contribution in [1.29, 1.82) is 0 Å². The summed E-state index contributed by atoms with van der Waals surface area (Å²) in [7, 11) is 0. The van der Waals surface area contributed by atoms with Crippen LogP contribution < -0.4 is 0 Å². The summed E-state index contributed by atoms with van der Waals surface area (Å²) in [6.45, 7) is 0.186. The second kappa shape index (κ2) is 5.15. The monoisotopic (exact) mass is 232 g/mol. The van der Waals surface area contributed by atoms with Gasteiger partial charge in [-0.05, 0) is 23.6 Å². The molecule has 0 bridgehead atoms. The lowest BCUT2D eigenvalue weighted by molar-refractivity contribution is 0.299. The van der Waals surface area contributed by atoms with E-state index in [0.29, 0.717) is 6.42 Å². The minimum Gasteiger partial charge on any atom is -0.396 e. The van der Waals surface area contributed by atoms with Gasteiger partial charge >= 0.3 is 0 Å². The van der Waals surface area contributed by atoms with Crippen molar-refractivity contribution < 1.29 is 5.11 Å². The molecule has 0 unspecified atom stereocenters. The first-order valence-electron chi connectivity index (χ1n) is 5.26. The molecule has 0 spiro atoms. The van der Waals surface area contributed by atoms with E-state index >= 15 is 0 Å². The van der Waals surface area contributed by atoms with Crippen LogP contribution in [0.2, 0.25) is 5.02 Å². The average molecular weight is 233 g/mol. The third kappa shape index (κ3) is 2.43. The number of hydrogen-bond acceptors (Lipinski definition) is 1. The Hall–Kier alpha value is -1.31. The summed E-state index contributed by atoms with van der Waals surface area (Å²) in [4.78, 5) is 0. The summed E-state index contributed by atoms with van der Waals surface area (Å²) in [5.74, 6) is 0. The van der Waals surface area contributed by atoms with Crippen molar-refractivity contribution in [1.82, 2.24) is 0 Å². The van der Waals surface area contributed by atoms with Crippen LogP contribution in [-0.4, -0.2) is 11.7 Å². The van der Waals surface area contributed by atoms with Gasteiger partial charge in [0, 0.05) is 17.2 Å². The molecule has 0 atom stereocenters. The van der Waals surface area contributed by atoms with Gasteiger partial charge in [0.1, 0.15) is 0 Å². The Labute approximate surface area is 100 Å². The molecule has 0 saturated heterocycles. The quantitative estimate of drug-likeness (QED) is 0.858. The molecule has 16 heavy (non-hydrogen) atoms. The van der Waals surface area contributed by atoms with E-state index in [0.717, 1.165) is 21.7 Å². The highest BCUT2D eigenvalue weighted by molar-refractivity contribution is 6.33. The van der Waals surface area contributed by atoms with Crippen molar-refractivity contribution in [3.63, 3.8) is 0 Å². The lowest BCUT2D eigenvalue weighted by Gasteiger charge is -2.05. The van der Waals surface area contributed by atoms with Crippen molar-refractivity contribution in [2.24, 2.45) is 0 Å². The van der Waals surface area contributed by atoms with Crippen molar-refractivity contribution >= 4 is 11.6 Å². The maximum atomic E-state index is 8.83. The summed E-state index contributed by atoms with van der Waals surface area (Å²) >= 11 is 6.12. The van der Waals surface area contributed by atoms with Crippen LogP contribution in [0.5, 0.6) is 0 Å². The van der Waals surface area contributed by atoms with Crippen LogP contribution in [0.15, 0.2) is 48.5 Å². The maximum absolute atomic E-state index is 8.83. The fourth-order valence-electron chi connectivity index (χ4n) is 1.68. The first-order valence-corrected chi connectivity index (χ1v) is 5.64. The second-order valence-electron chi connectivity index (χ2n) is 3.65. The highest BCUT2D eigenvalue weighted by Gasteiger charge is 2.01. The largest absolute Gasteiger partial charge is 0.396 e. The van der Waals surface area contributed by atoms with E-state index in [-0.39, 0.29) is 6.61 Å². The molecule has 0 radical (unpaired) electrons. The highest BCUT2D eigenvalue weighted by Crippen LogP contribution is 2.27. The van der Waals surface area contributed by atoms with Gasteiger partial charge in [0.15, 0.2) is 0 Å². The SMILES string of the molecule is OCCc1ccc(-c2ccccc2Cl)cc1. The fourth-order valence-corrected chi connectivity index (χ4v) is 1.92. The molecule has 82 valence electrons. The van der Waals surface area contributed by atoms with Crippen LogP contribution >= 0.6 is 11.6 Å². The highest BCUT2D eigenvalue weighted by atomic mass is 35.5. The third-order valence-corrected chi connectivity index (χ3v) is 2.87. The molecular weight excluding hydrogens is 220 g/mol. The summed E-state index contributed by atoms with van der Waals surface area (Å²) in [6.07, 6.45) is 0.697. The Morgan fingerprint density at radius 3 is 2.25 bits per heavy atom. The van der Waals surface area contributed by atoms with Gasteiger partial charge in [0.05, 0.1) is 0 Å². The van der Waals surface area contributed by atoms with E-state index < -0.39 is 0 Å². The molecule has 0 saturated carbocycles. The summed E-state index contributed by atoms with van der Waals surface area (Å²) in [5.41, 5.74) is 3.28. The number of aliphatic hydroxyl groups is 1. The van der Waals surface area contributed by atoms with Crippen LogP contribution in [0, 0.1) is 0 Å². The first-order chi connectivity index (χ1) is 7.81. The van der Waals surface area contributed by atoms with Crippen LogP contribution in [-0.2, 0) is 6.42 Å². The van der Waals surface area contributed by atoms with E-state index in [2.05, 4.69) is 0 Å². The van der Waals surface area contributed by atoms with E-state index in [1.165, 1.54) is 0 Å². The Bertz CT molecular complexity index is 462. The molecular formula is C14H13ClO. The summed E-state index contributed by atoms with van der Waals surface area (Å²) in [5, 5.41) is 9.59. The molecule has 2 aromatic rings. The normalized spacial score (nSPS) is 10.4. The van der Waals surface area contributed by atoms with E-state index in [1.54, 1.807) is 0 Å². The number of aliphatic hydroxyl groups excluding tert-OH is 1. The van der Waals surface area contributed by atoms with Crippen LogP contribution in [0.1, 0.15) is 5.56 Å². The first kappa shape index (κ1) is 11.2. The molecule has 0 aliphatic rings. The zero-order valence-electron chi connectivity index (χ0n) is 8.86. The zero-order valence-corrected chi connectivity index (χ0v) is 9.61. The van der Waals surface area contributed by atoms with Gasteiger partial charge in [-0.2, -0.15) is 0 Å². The zero-order chi connectivity index (χ0) is 11.4. The summed E-state index contributed by atoms with van der Waals surface area (Å²) < 4.78 is 0. The van der Waals surface area contributed by atoms with Crippen molar-refractivity contribution in [3.05, 3.63) is 59.1 Å². The number of hydrogen-bond donors (Lipinski definition) is 1. The van der Waals surface area contributed by atoms with Gasteiger partial charge in [0.25, 0.3) is 0 Å². The van der Waals surface area contributed by atoms with Gasteiger partial charge < -0.3 is 5.11 Å². The van der Waals surface area contributed by atoms with Crippen LogP contribution in [0.25, 0.3) is 11.1 Å². The van der Waals surface area contributed by atoms with Crippen molar-refractivity contribution in [2.45, 2.75) is 6.42 Å². The lowest BCUT2D eigenvalue weighted by Crippen LogP contribution is -1.89. The van der Waals surface area contributed by atoms with Crippen molar-refractivity contribution in [2.75, 3.05) is 6.61 Å². The Morgan fingerprint density at radius 1 is 0.938 bits per heavy atom. The molecule has 2 rings (SSSR count). The topological polar surface area (TPSA) is 20.2 Å². The molecule has 2 aromatic carbocycles. The Morgan fingerprint density at radius 2 is 1.62 bits per heavy atom. The van der Waals surface area contributed by atoms with Crippen LogP contribution in [0.4, 0.5) is 0 Å². The van der Waals surface area contributed by atoms with Gasteiger partial charge in [-0.15, -0.1) is 0 Å². The van der Waals surface area contributed by atoms with E-state index in [1.807, 2.05) is 48.5 Å². The molecule has 2 heteroatoms. The van der Waals surface area contributed by atoms with Gasteiger partial charge in [0.2, 0.25) is 0 Å². The predicted octanol–water partition coefficient (Wildman–Crippen LogP) is 3.54. The molecule has 0 aliphatic carbocycles. The minimum absolute atomic E-state index is 0.186. The number of halogens is 1. The molecule has 0 amide bonds. The second-order valence-corrected chi connectivity index (χ2v) is 4.06. The summed E-state index contributed by atoms with van der Waals surface area (Å²) in [6, 6.07) is 15.9. The van der Waals surface area contributed by atoms with E-state index in [9.17, 15) is 0 Å². The van der Waals surface area contributed by atoms with Gasteiger partial charge in [-0.1, -0.05) is 54.1 Å². The molecule has 0 aliphatic heterocycles. The standard InChI is InChI=1S/C14H13ClO/c15-14-4-2-1-3-13(14)12-7-5-11(6-8-12)9-10-16/h1-8,16H,9-10H2. The minimum atomic E-state index is 0.186. The predicted molar refractivity (Wildman–Crippen MR) is 67.7 cm³/mol. The molecule has 0 heterocycles. The fraction of sp³-hybridized carbons (Fsp3) is 0.143. The van der Waals surface area contributed by atoms with Gasteiger partial charge in [-0.3, -0.25) is 0 Å². The average Bonchev–Trinajstić information content (AvgIpc) is 2.31. The van der Waals surface area contributed by atoms with Crippen molar-refractivity contribution in [3.8, 4) is 11.1 Å². The Balaban J connectivity index is 2.31. The Kier molecular flexibility index (Phi) is 3.60. The van der Waals surface area contributed by atoms with E-state index in [4.69, 9.17) is 16.7 Å². The third-order valence-electron chi connectivity index (χ3n) is 2.54. The maximum Gasteiger partial charge on any atom is 0.0484 e. The van der Waals surface area contributed by atoms with Gasteiger partial charge in [-0.25, -0.2) is 0 Å². The molecule has 1 N–H and O–H groups in total. The molecule has 1 nitrogen and oxygen atoms in total. The smallest absolute Gasteiger partial charge is 0.0484 e. The lowest BCUT2D eigenvalue weighted by atomic mass is 10.0.